The third-order valence-electron chi connectivity index (χ3n) is 5.12. The summed E-state index contributed by atoms with van der Waals surface area (Å²) in [5.74, 6) is 0.0192. The van der Waals surface area contributed by atoms with Crippen LogP contribution in [-0.4, -0.2) is 19.7 Å². The van der Waals surface area contributed by atoms with Gasteiger partial charge in [-0.3, -0.25) is 0 Å². The minimum atomic E-state index is -0.318. The third kappa shape index (κ3) is 3.00. The van der Waals surface area contributed by atoms with Crippen molar-refractivity contribution in [2.24, 2.45) is 5.92 Å². The van der Waals surface area contributed by atoms with E-state index in [-0.39, 0.29) is 18.1 Å². The van der Waals surface area contributed by atoms with E-state index in [1.54, 1.807) is 0 Å². The Morgan fingerprint density at radius 3 is 2.80 bits per heavy atom. The van der Waals surface area contributed by atoms with E-state index in [1.165, 1.54) is 7.11 Å². The Bertz CT molecular complexity index is 790. The van der Waals surface area contributed by atoms with Crippen LogP contribution in [0, 0.1) is 5.92 Å². The van der Waals surface area contributed by atoms with Crippen molar-refractivity contribution in [3.8, 4) is 0 Å². The van der Waals surface area contributed by atoms with E-state index in [0.29, 0.717) is 11.5 Å². The first-order valence-electron chi connectivity index (χ1n) is 8.53. The van der Waals surface area contributed by atoms with Crippen LogP contribution in [0.1, 0.15) is 46.5 Å². The molecule has 2 heterocycles. The van der Waals surface area contributed by atoms with E-state index in [0.717, 1.165) is 41.3 Å². The molecule has 1 fully saturated rings. The lowest BCUT2D eigenvalue weighted by Gasteiger charge is -2.43. The molecule has 2 unspecified atom stereocenters. The molecule has 2 aliphatic rings. The Kier molecular flexibility index (Phi) is 4.40. The second-order valence-electron chi connectivity index (χ2n) is 6.56. The van der Waals surface area contributed by atoms with Crippen LogP contribution in [0.4, 0.5) is 5.69 Å². The molecule has 4 nitrogen and oxygen atoms in total. The Labute approximate surface area is 152 Å². The number of esters is 1. The highest BCUT2D eigenvalue weighted by molar-refractivity contribution is 6.30. The van der Waals surface area contributed by atoms with Gasteiger partial charge in [0.15, 0.2) is 0 Å². The summed E-state index contributed by atoms with van der Waals surface area (Å²) < 4.78 is 10.9. The summed E-state index contributed by atoms with van der Waals surface area (Å²) in [5, 5.41) is 4.38. The molecule has 25 heavy (non-hydrogen) atoms. The monoisotopic (exact) mass is 357 g/mol. The number of hydrogen-bond donors (Lipinski definition) is 1. The molecule has 3 atom stereocenters. The standard InChI is InChI=1S/C20H20ClNO3/c1-24-20(23)13-6-4-12(5-7-13)18-15-3-2-10-25-19(15)16-11-14(21)8-9-17(16)22-18/h4-9,11,15,18-19,22H,2-3,10H2,1H3/t15?,18-,19?/m0/s1. The normalized spacial score (nSPS) is 24.6. The molecule has 1 N–H and O–H groups in total. The second-order valence-corrected chi connectivity index (χ2v) is 7.00. The second kappa shape index (κ2) is 6.70. The maximum atomic E-state index is 11.7. The SMILES string of the molecule is COC(=O)c1ccc([C@@H]2Nc3ccc(Cl)cc3C3OCCCC32)cc1. The van der Waals surface area contributed by atoms with Gasteiger partial charge >= 0.3 is 5.97 Å². The minimum Gasteiger partial charge on any atom is -0.465 e. The molecule has 2 aromatic carbocycles. The molecule has 0 saturated carbocycles. The molecule has 0 aromatic heterocycles. The fourth-order valence-electron chi connectivity index (χ4n) is 3.92. The lowest BCUT2D eigenvalue weighted by Crippen LogP contribution is -2.36. The van der Waals surface area contributed by atoms with Crippen LogP contribution >= 0.6 is 11.6 Å². The highest BCUT2D eigenvalue weighted by Crippen LogP contribution is 2.49. The van der Waals surface area contributed by atoms with E-state index in [1.807, 2.05) is 42.5 Å². The van der Waals surface area contributed by atoms with Gasteiger partial charge < -0.3 is 14.8 Å². The predicted molar refractivity (Wildman–Crippen MR) is 97.0 cm³/mol. The lowest BCUT2D eigenvalue weighted by molar-refractivity contribution is -0.0381. The third-order valence-corrected chi connectivity index (χ3v) is 5.35. The van der Waals surface area contributed by atoms with Gasteiger partial charge in [0.2, 0.25) is 0 Å². The number of anilines is 1. The van der Waals surface area contributed by atoms with Gasteiger partial charge in [0, 0.05) is 28.8 Å². The van der Waals surface area contributed by atoms with Crippen LogP contribution in [-0.2, 0) is 9.47 Å². The van der Waals surface area contributed by atoms with Crippen molar-refractivity contribution in [3.63, 3.8) is 0 Å². The summed E-state index contributed by atoms with van der Waals surface area (Å²) in [4.78, 5) is 11.7. The van der Waals surface area contributed by atoms with E-state index >= 15 is 0 Å². The number of benzene rings is 2. The number of nitrogens with one attached hydrogen (secondary N) is 1. The number of carbonyl (C=O) groups is 1. The summed E-state index contributed by atoms with van der Waals surface area (Å²) >= 11 is 6.19. The summed E-state index contributed by atoms with van der Waals surface area (Å²) in [7, 11) is 1.39. The van der Waals surface area contributed by atoms with Crippen molar-refractivity contribution < 1.29 is 14.3 Å². The highest BCUT2D eigenvalue weighted by Gasteiger charge is 2.39. The number of ether oxygens (including phenoxy) is 2. The van der Waals surface area contributed by atoms with Gasteiger partial charge in [-0.05, 0) is 48.7 Å². The Hall–Kier alpha value is -2.04. The first kappa shape index (κ1) is 16.4. The molecular formula is C20H20ClNO3. The topological polar surface area (TPSA) is 47.6 Å². The number of methoxy groups -OCH3 is 1. The van der Waals surface area contributed by atoms with Crippen molar-refractivity contribution in [1.82, 2.24) is 0 Å². The first-order valence-corrected chi connectivity index (χ1v) is 8.91. The van der Waals surface area contributed by atoms with Crippen LogP contribution in [0.3, 0.4) is 0 Å². The summed E-state index contributed by atoms with van der Waals surface area (Å²) in [6, 6.07) is 13.7. The van der Waals surface area contributed by atoms with Gasteiger partial charge in [-0.1, -0.05) is 23.7 Å². The van der Waals surface area contributed by atoms with Crippen molar-refractivity contribution in [3.05, 3.63) is 64.2 Å². The Morgan fingerprint density at radius 2 is 2.04 bits per heavy atom. The summed E-state index contributed by atoms with van der Waals surface area (Å²) in [6.07, 6.45) is 2.19. The fraction of sp³-hybridized carbons (Fsp3) is 0.350. The van der Waals surface area contributed by atoms with Crippen molar-refractivity contribution in [1.29, 1.82) is 0 Å². The zero-order valence-corrected chi connectivity index (χ0v) is 14.8. The number of fused-ring (bicyclic) bond motifs is 3. The van der Waals surface area contributed by atoms with Crippen LogP contribution in [0.5, 0.6) is 0 Å². The Balaban J connectivity index is 1.69. The van der Waals surface area contributed by atoms with Gasteiger partial charge in [-0.15, -0.1) is 0 Å². The molecule has 2 aliphatic heterocycles. The molecule has 0 radical (unpaired) electrons. The van der Waals surface area contributed by atoms with Gasteiger partial charge in [0.05, 0.1) is 24.8 Å². The summed E-state index contributed by atoms with van der Waals surface area (Å²) in [5.41, 5.74) is 3.91. The fourth-order valence-corrected chi connectivity index (χ4v) is 4.10. The highest BCUT2D eigenvalue weighted by atomic mass is 35.5. The maximum Gasteiger partial charge on any atom is 0.337 e. The molecule has 5 heteroatoms. The minimum absolute atomic E-state index is 0.0500. The lowest BCUT2D eigenvalue weighted by atomic mass is 9.77. The molecule has 130 valence electrons. The molecule has 2 aromatic rings. The van der Waals surface area contributed by atoms with E-state index in [9.17, 15) is 4.79 Å². The zero-order chi connectivity index (χ0) is 17.4. The Morgan fingerprint density at radius 1 is 1.24 bits per heavy atom. The van der Waals surface area contributed by atoms with E-state index < -0.39 is 0 Å². The quantitative estimate of drug-likeness (QED) is 0.787. The van der Waals surface area contributed by atoms with Crippen molar-refractivity contribution in [2.75, 3.05) is 19.0 Å². The molecule has 0 spiro atoms. The van der Waals surface area contributed by atoms with Gasteiger partial charge in [0.25, 0.3) is 0 Å². The zero-order valence-electron chi connectivity index (χ0n) is 14.0. The smallest absolute Gasteiger partial charge is 0.337 e. The number of hydrogen-bond acceptors (Lipinski definition) is 4. The van der Waals surface area contributed by atoms with Gasteiger partial charge in [-0.2, -0.15) is 0 Å². The number of carbonyl (C=O) groups excluding carboxylic acids is 1. The average molecular weight is 358 g/mol. The van der Waals surface area contributed by atoms with E-state index in [2.05, 4.69) is 5.32 Å². The van der Waals surface area contributed by atoms with Crippen LogP contribution in [0.15, 0.2) is 42.5 Å². The van der Waals surface area contributed by atoms with Crippen LogP contribution in [0.25, 0.3) is 0 Å². The van der Waals surface area contributed by atoms with Crippen LogP contribution in [0.2, 0.25) is 5.02 Å². The summed E-state index contributed by atoms with van der Waals surface area (Å²) in [6.45, 7) is 0.779. The molecule has 0 aliphatic carbocycles. The molecule has 0 amide bonds. The average Bonchev–Trinajstić information content (AvgIpc) is 2.67. The molecule has 4 rings (SSSR count). The number of rotatable bonds is 2. The van der Waals surface area contributed by atoms with Gasteiger partial charge in [-0.25, -0.2) is 4.79 Å². The molecular weight excluding hydrogens is 338 g/mol. The first-order chi connectivity index (χ1) is 12.2. The van der Waals surface area contributed by atoms with E-state index in [4.69, 9.17) is 21.1 Å². The molecule has 0 bridgehead atoms. The predicted octanol–water partition coefficient (Wildman–Crippen LogP) is 4.76. The van der Waals surface area contributed by atoms with Crippen molar-refractivity contribution in [2.45, 2.75) is 25.0 Å². The van der Waals surface area contributed by atoms with Crippen molar-refractivity contribution >= 4 is 23.3 Å². The maximum absolute atomic E-state index is 11.7. The van der Waals surface area contributed by atoms with Gasteiger partial charge in [0.1, 0.15) is 0 Å². The largest absolute Gasteiger partial charge is 0.465 e. The molecule has 1 saturated heterocycles. The number of halogens is 1. The van der Waals surface area contributed by atoms with Crippen LogP contribution < -0.4 is 5.32 Å².